The second-order valence-corrected chi connectivity index (χ2v) is 7.96. The van der Waals surface area contributed by atoms with Crippen LogP contribution in [-0.2, 0) is 25.9 Å². The first kappa shape index (κ1) is 24.6. The third kappa shape index (κ3) is 5.58. The number of fused-ring (bicyclic) bond motifs is 1. The van der Waals surface area contributed by atoms with E-state index in [0.717, 1.165) is 21.3 Å². The highest BCUT2D eigenvalue weighted by Crippen LogP contribution is 2.21. The van der Waals surface area contributed by atoms with Gasteiger partial charge < -0.3 is 9.51 Å². The van der Waals surface area contributed by atoms with Gasteiger partial charge in [0, 0.05) is 32.0 Å². The molecular weight excluding hydrogens is 503 g/mol. The Bertz CT molecular complexity index is 1490. The molecule has 0 aliphatic rings. The number of hydrogen-bond donors (Lipinski definition) is 1. The van der Waals surface area contributed by atoms with E-state index in [1.165, 1.54) is 6.07 Å². The number of aromatic nitrogens is 6. The molecule has 15 heteroatoms. The van der Waals surface area contributed by atoms with Crippen molar-refractivity contribution in [3.05, 3.63) is 73.2 Å². The quantitative estimate of drug-likeness (QED) is 0.283. The van der Waals surface area contributed by atoms with Crippen molar-refractivity contribution in [2.24, 2.45) is 0 Å². The van der Waals surface area contributed by atoms with Crippen LogP contribution < -0.4 is 11.2 Å². The van der Waals surface area contributed by atoms with Crippen molar-refractivity contribution in [3.8, 4) is 0 Å². The summed E-state index contributed by atoms with van der Waals surface area (Å²) in [7, 11) is 0. The Morgan fingerprint density at radius 2 is 1.86 bits per heavy atom. The van der Waals surface area contributed by atoms with Crippen LogP contribution >= 0.6 is 11.6 Å². The van der Waals surface area contributed by atoms with E-state index in [9.17, 15) is 31.5 Å². The van der Waals surface area contributed by atoms with Crippen molar-refractivity contribution < 1.29 is 26.5 Å². The van der Waals surface area contributed by atoms with E-state index in [4.69, 9.17) is 16.1 Å². The van der Waals surface area contributed by atoms with Crippen LogP contribution in [0.3, 0.4) is 0 Å². The Balaban J connectivity index is 1.50. The van der Waals surface area contributed by atoms with Crippen LogP contribution in [0.25, 0.3) is 11.2 Å². The van der Waals surface area contributed by atoms with Crippen molar-refractivity contribution in [2.75, 3.05) is 0 Å². The van der Waals surface area contributed by atoms with Crippen LogP contribution in [0.5, 0.6) is 0 Å². The molecule has 0 radical (unpaired) electrons. The number of rotatable bonds is 8. The van der Waals surface area contributed by atoms with Crippen molar-refractivity contribution in [1.29, 1.82) is 0 Å². The molecule has 0 amide bonds. The SMILES string of the molecule is O=c1c2[nH]c(Cl)nc2n(CCC(F)(F)F)c(=O)n1CCCc1nc(Cc2ccc(F)cc2F)no1. The van der Waals surface area contributed by atoms with Crippen LogP contribution in [-0.4, -0.2) is 35.4 Å². The number of imidazole rings is 1. The number of hydrogen-bond acceptors (Lipinski definition) is 6. The predicted molar refractivity (Wildman–Crippen MR) is 112 cm³/mol. The topological polar surface area (TPSA) is 112 Å². The van der Waals surface area contributed by atoms with Gasteiger partial charge in [-0.25, -0.2) is 13.6 Å². The number of nitrogens with zero attached hydrogens (tertiary/aromatic N) is 5. The normalized spacial score (nSPS) is 12.1. The van der Waals surface area contributed by atoms with E-state index in [-0.39, 0.29) is 59.5 Å². The average Bonchev–Trinajstić information content (AvgIpc) is 3.38. The zero-order valence-corrected chi connectivity index (χ0v) is 18.5. The van der Waals surface area contributed by atoms with Crippen LogP contribution in [0, 0.1) is 11.6 Å². The average molecular weight is 519 g/mol. The fourth-order valence-corrected chi connectivity index (χ4v) is 3.64. The zero-order valence-electron chi connectivity index (χ0n) is 17.7. The van der Waals surface area contributed by atoms with Crippen molar-refractivity contribution in [1.82, 2.24) is 29.2 Å². The number of aryl methyl sites for hydroxylation is 2. The van der Waals surface area contributed by atoms with Gasteiger partial charge in [-0.15, -0.1) is 0 Å². The molecule has 1 aromatic carbocycles. The third-order valence-electron chi connectivity index (χ3n) is 5.10. The number of nitrogens with one attached hydrogen (secondary N) is 1. The Morgan fingerprint density at radius 3 is 2.57 bits per heavy atom. The summed E-state index contributed by atoms with van der Waals surface area (Å²) in [6.07, 6.45) is -5.61. The maximum absolute atomic E-state index is 13.8. The zero-order chi connectivity index (χ0) is 25.3. The minimum absolute atomic E-state index is 0.0454. The van der Waals surface area contributed by atoms with Crippen LogP contribution in [0.15, 0.2) is 32.3 Å². The highest BCUT2D eigenvalue weighted by molar-refractivity contribution is 6.28. The summed E-state index contributed by atoms with van der Waals surface area (Å²) in [5.41, 5.74) is -2.05. The van der Waals surface area contributed by atoms with Gasteiger partial charge in [0.25, 0.3) is 5.56 Å². The van der Waals surface area contributed by atoms with Gasteiger partial charge >= 0.3 is 11.9 Å². The predicted octanol–water partition coefficient (Wildman–Crippen LogP) is 3.38. The molecule has 3 aromatic heterocycles. The summed E-state index contributed by atoms with van der Waals surface area (Å²) in [5, 5.41) is 3.48. The first-order valence-corrected chi connectivity index (χ1v) is 10.6. The molecule has 4 rings (SSSR count). The molecule has 3 heterocycles. The maximum atomic E-state index is 13.8. The lowest BCUT2D eigenvalue weighted by atomic mass is 10.1. The fraction of sp³-hybridized carbons (Fsp3) is 0.350. The third-order valence-corrected chi connectivity index (χ3v) is 5.28. The molecule has 9 nitrogen and oxygen atoms in total. The minimum Gasteiger partial charge on any atom is -0.339 e. The molecule has 0 saturated heterocycles. The summed E-state index contributed by atoms with van der Waals surface area (Å²) in [6.45, 7) is -0.909. The van der Waals surface area contributed by atoms with Gasteiger partial charge in [-0.05, 0) is 29.7 Å². The molecule has 1 N–H and O–H groups in total. The molecule has 0 aliphatic heterocycles. The van der Waals surface area contributed by atoms with Gasteiger partial charge in [0.2, 0.25) is 11.2 Å². The van der Waals surface area contributed by atoms with E-state index < -0.39 is 42.0 Å². The van der Waals surface area contributed by atoms with Gasteiger partial charge in [-0.3, -0.25) is 13.9 Å². The van der Waals surface area contributed by atoms with Crippen molar-refractivity contribution >= 4 is 22.8 Å². The largest absolute Gasteiger partial charge is 0.390 e. The van der Waals surface area contributed by atoms with Gasteiger partial charge in [0.1, 0.15) is 11.6 Å². The molecule has 0 bridgehead atoms. The molecule has 0 fully saturated rings. The molecule has 0 aliphatic carbocycles. The summed E-state index contributed by atoms with van der Waals surface area (Å²) < 4.78 is 71.6. The fourth-order valence-electron chi connectivity index (χ4n) is 3.46. The highest BCUT2D eigenvalue weighted by atomic mass is 35.5. The Kier molecular flexibility index (Phi) is 6.74. The maximum Gasteiger partial charge on any atom is 0.390 e. The highest BCUT2D eigenvalue weighted by Gasteiger charge is 2.28. The van der Waals surface area contributed by atoms with E-state index in [0.29, 0.717) is 0 Å². The Morgan fingerprint density at radius 1 is 1.09 bits per heavy atom. The van der Waals surface area contributed by atoms with E-state index in [2.05, 4.69) is 20.1 Å². The van der Waals surface area contributed by atoms with Crippen LogP contribution in [0.2, 0.25) is 5.28 Å². The van der Waals surface area contributed by atoms with Crippen LogP contribution in [0.4, 0.5) is 22.0 Å². The van der Waals surface area contributed by atoms with E-state index in [1.807, 2.05) is 0 Å². The summed E-state index contributed by atoms with van der Waals surface area (Å²) >= 11 is 5.76. The standard InChI is InChI=1S/C20H16ClF5N6O3/c21-18-28-15-16(29-18)31(7-5-20(24,25)26)19(34)32(17(15)33)6-1-2-14-27-13(30-35-14)8-10-3-4-11(22)9-12(10)23/h3-4,9H,1-2,5-8H2,(H,28,29). The summed E-state index contributed by atoms with van der Waals surface area (Å²) in [6, 6.07) is 3.09. The van der Waals surface area contributed by atoms with Gasteiger partial charge in [0.05, 0.1) is 6.42 Å². The molecule has 0 spiro atoms. The first-order valence-electron chi connectivity index (χ1n) is 10.2. The molecule has 186 valence electrons. The number of alkyl halides is 3. The number of halogens is 6. The Hall–Kier alpha value is -3.55. The van der Waals surface area contributed by atoms with Crippen LogP contribution in [0.1, 0.15) is 30.1 Å². The summed E-state index contributed by atoms with van der Waals surface area (Å²) in [4.78, 5) is 35.8. The second-order valence-electron chi connectivity index (χ2n) is 7.60. The molecule has 35 heavy (non-hydrogen) atoms. The Labute approximate surface area is 197 Å². The van der Waals surface area contributed by atoms with Gasteiger partial charge in [0.15, 0.2) is 17.0 Å². The lowest BCUT2D eigenvalue weighted by Crippen LogP contribution is -2.40. The lowest BCUT2D eigenvalue weighted by Gasteiger charge is -2.12. The lowest BCUT2D eigenvalue weighted by molar-refractivity contribution is -0.136. The molecule has 0 saturated carbocycles. The monoisotopic (exact) mass is 518 g/mol. The minimum atomic E-state index is -4.53. The van der Waals surface area contributed by atoms with Crippen molar-refractivity contribution in [2.45, 2.75) is 44.9 Å². The molecule has 4 aromatic rings. The van der Waals surface area contributed by atoms with Gasteiger partial charge in [-0.2, -0.15) is 23.1 Å². The smallest absolute Gasteiger partial charge is 0.339 e. The second kappa shape index (κ2) is 9.60. The molecular formula is C20H16ClF5N6O3. The van der Waals surface area contributed by atoms with Crippen molar-refractivity contribution in [3.63, 3.8) is 0 Å². The first-order chi connectivity index (χ1) is 16.5. The van der Waals surface area contributed by atoms with Gasteiger partial charge in [-0.1, -0.05) is 11.2 Å². The van der Waals surface area contributed by atoms with E-state index in [1.54, 1.807) is 0 Å². The number of H-pyrrole nitrogens is 1. The number of aromatic amines is 1. The number of benzene rings is 1. The summed E-state index contributed by atoms with van der Waals surface area (Å²) in [5.74, 6) is -1.19. The molecule has 0 unspecified atom stereocenters. The van der Waals surface area contributed by atoms with E-state index >= 15 is 0 Å². The molecule has 0 atom stereocenters.